The first-order valence-electron chi connectivity index (χ1n) is 9.24. The van der Waals surface area contributed by atoms with Gasteiger partial charge < -0.3 is 15.8 Å². The highest BCUT2D eigenvalue weighted by molar-refractivity contribution is 5.77. The maximum atomic E-state index is 5.94. The molecular weight excluding hydrogens is 328 g/mol. The highest BCUT2D eigenvalue weighted by atomic mass is 16.5. The Morgan fingerprint density at radius 2 is 2.04 bits per heavy atom. The number of nitrogens with zero attached hydrogens (tertiary/aromatic N) is 4. The minimum absolute atomic E-state index is 0.516. The van der Waals surface area contributed by atoms with Crippen LogP contribution in [-0.4, -0.2) is 66.6 Å². The summed E-state index contributed by atoms with van der Waals surface area (Å²) in [5.74, 6) is 0.516. The first kappa shape index (κ1) is 18.4. The fourth-order valence-electron chi connectivity index (χ4n) is 2.92. The van der Waals surface area contributed by atoms with Crippen molar-refractivity contribution in [3.63, 3.8) is 0 Å². The van der Waals surface area contributed by atoms with E-state index < -0.39 is 0 Å². The molecule has 0 unspecified atom stereocenters. The summed E-state index contributed by atoms with van der Waals surface area (Å²) in [5, 5.41) is 7.58. The van der Waals surface area contributed by atoms with Crippen LogP contribution in [0.1, 0.15) is 12.0 Å². The van der Waals surface area contributed by atoms with E-state index >= 15 is 0 Å². The molecule has 0 bridgehead atoms. The van der Waals surface area contributed by atoms with Gasteiger partial charge in [0.15, 0.2) is 5.96 Å². The summed E-state index contributed by atoms with van der Waals surface area (Å²) in [6.07, 6.45) is 5.82. The van der Waals surface area contributed by atoms with Crippen molar-refractivity contribution in [3.8, 4) is 5.69 Å². The molecule has 0 spiro atoms. The summed E-state index contributed by atoms with van der Waals surface area (Å²) in [6.45, 7) is 6.28. The standard InChI is InChI=1S/C19H28N6O/c20-19(21-8-4-10-24-11-13-26-14-12-24)22-9-7-17-15-23-25(16-17)18-5-2-1-3-6-18/h1-3,5-6,15-16H,4,7-14H2,(H3,20,21,22). The predicted molar refractivity (Wildman–Crippen MR) is 104 cm³/mol. The van der Waals surface area contributed by atoms with Crippen molar-refractivity contribution in [1.82, 2.24) is 20.0 Å². The maximum absolute atomic E-state index is 5.94. The quantitative estimate of drug-likeness (QED) is 0.420. The van der Waals surface area contributed by atoms with Gasteiger partial charge in [-0.05, 0) is 30.5 Å². The lowest BCUT2D eigenvalue weighted by molar-refractivity contribution is 0.0377. The van der Waals surface area contributed by atoms with Crippen LogP contribution in [0.25, 0.3) is 5.69 Å². The van der Waals surface area contributed by atoms with Crippen LogP contribution in [0.15, 0.2) is 47.7 Å². The zero-order chi connectivity index (χ0) is 18.0. The Labute approximate surface area is 154 Å². The number of nitrogens with one attached hydrogen (secondary N) is 1. The van der Waals surface area contributed by atoms with E-state index in [1.807, 2.05) is 47.4 Å². The second kappa shape index (κ2) is 9.94. The molecule has 0 amide bonds. The van der Waals surface area contributed by atoms with Crippen LogP contribution >= 0.6 is 0 Å². The van der Waals surface area contributed by atoms with Crippen LogP contribution < -0.4 is 11.1 Å². The third-order valence-electron chi connectivity index (χ3n) is 4.39. The number of hydrogen-bond acceptors (Lipinski definition) is 4. The number of aliphatic imine (C=N–C) groups is 1. The largest absolute Gasteiger partial charge is 0.379 e. The van der Waals surface area contributed by atoms with E-state index in [1.165, 1.54) is 5.56 Å². The third-order valence-corrected chi connectivity index (χ3v) is 4.39. The number of aromatic nitrogens is 2. The van der Waals surface area contributed by atoms with Crippen LogP contribution in [-0.2, 0) is 11.2 Å². The Balaban J connectivity index is 1.33. The Bertz CT molecular complexity index is 678. The molecule has 2 heterocycles. The van der Waals surface area contributed by atoms with Gasteiger partial charge in [-0.15, -0.1) is 0 Å². The van der Waals surface area contributed by atoms with Crippen molar-refractivity contribution in [2.75, 3.05) is 45.9 Å². The highest BCUT2D eigenvalue weighted by Gasteiger charge is 2.08. The van der Waals surface area contributed by atoms with Gasteiger partial charge in [0.05, 0.1) is 25.1 Å². The number of ether oxygens (including phenoxy) is 1. The van der Waals surface area contributed by atoms with E-state index in [-0.39, 0.29) is 0 Å². The first-order chi connectivity index (χ1) is 12.8. The van der Waals surface area contributed by atoms with Gasteiger partial charge in [0.25, 0.3) is 0 Å². The third kappa shape index (κ3) is 5.86. The molecule has 1 saturated heterocycles. The molecule has 0 aliphatic carbocycles. The molecule has 1 fully saturated rings. The molecule has 7 heteroatoms. The average molecular weight is 356 g/mol. The summed E-state index contributed by atoms with van der Waals surface area (Å²) in [4.78, 5) is 6.81. The van der Waals surface area contributed by atoms with E-state index in [2.05, 4.69) is 20.3 Å². The fourth-order valence-corrected chi connectivity index (χ4v) is 2.92. The number of benzene rings is 1. The summed E-state index contributed by atoms with van der Waals surface area (Å²) in [6, 6.07) is 10.1. The minimum atomic E-state index is 0.516. The van der Waals surface area contributed by atoms with Crippen molar-refractivity contribution in [2.24, 2.45) is 10.7 Å². The van der Waals surface area contributed by atoms with Gasteiger partial charge in [-0.3, -0.25) is 9.89 Å². The SMILES string of the molecule is NC(=NCCCN1CCOCC1)NCCc1cnn(-c2ccccc2)c1. The normalized spacial score (nSPS) is 15.9. The molecule has 0 saturated carbocycles. The van der Waals surface area contributed by atoms with Gasteiger partial charge in [0.1, 0.15) is 0 Å². The van der Waals surface area contributed by atoms with Crippen molar-refractivity contribution in [3.05, 3.63) is 48.3 Å². The van der Waals surface area contributed by atoms with E-state index in [9.17, 15) is 0 Å². The number of para-hydroxylation sites is 1. The van der Waals surface area contributed by atoms with Crippen molar-refractivity contribution in [2.45, 2.75) is 12.8 Å². The first-order valence-corrected chi connectivity index (χ1v) is 9.24. The molecule has 0 atom stereocenters. The second-order valence-electron chi connectivity index (χ2n) is 6.38. The Morgan fingerprint density at radius 3 is 2.85 bits per heavy atom. The molecule has 7 nitrogen and oxygen atoms in total. The number of hydrogen-bond donors (Lipinski definition) is 2. The Hall–Kier alpha value is -2.38. The van der Waals surface area contributed by atoms with Gasteiger partial charge >= 0.3 is 0 Å². The van der Waals surface area contributed by atoms with Crippen LogP contribution in [0.5, 0.6) is 0 Å². The average Bonchev–Trinajstić information content (AvgIpc) is 3.16. The number of morpholine rings is 1. The monoisotopic (exact) mass is 356 g/mol. The molecular formula is C19H28N6O. The lowest BCUT2D eigenvalue weighted by atomic mass is 10.2. The predicted octanol–water partition coefficient (Wildman–Crippen LogP) is 1.04. The van der Waals surface area contributed by atoms with Gasteiger partial charge in [-0.1, -0.05) is 18.2 Å². The van der Waals surface area contributed by atoms with Crippen molar-refractivity contribution >= 4 is 5.96 Å². The molecule has 140 valence electrons. The van der Waals surface area contributed by atoms with Gasteiger partial charge in [0.2, 0.25) is 0 Å². The van der Waals surface area contributed by atoms with E-state index in [4.69, 9.17) is 10.5 Å². The van der Waals surface area contributed by atoms with E-state index in [1.54, 1.807) is 0 Å². The van der Waals surface area contributed by atoms with E-state index in [0.717, 1.165) is 64.5 Å². The zero-order valence-electron chi connectivity index (χ0n) is 15.2. The number of rotatable bonds is 8. The Kier molecular flexibility index (Phi) is 7.04. The summed E-state index contributed by atoms with van der Waals surface area (Å²) < 4.78 is 7.23. The molecule has 26 heavy (non-hydrogen) atoms. The molecule has 1 aromatic carbocycles. The maximum Gasteiger partial charge on any atom is 0.188 e. The lowest BCUT2D eigenvalue weighted by Crippen LogP contribution is -2.37. The smallest absolute Gasteiger partial charge is 0.188 e. The molecule has 2 aromatic rings. The van der Waals surface area contributed by atoms with Crippen LogP contribution in [0.2, 0.25) is 0 Å². The summed E-state index contributed by atoms with van der Waals surface area (Å²) in [7, 11) is 0. The highest BCUT2D eigenvalue weighted by Crippen LogP contribution is 2.07. The van der Waals surface area contributed by atoms with Crippen molar-refractivity contribution < 1.29 is 4.74 Å². The molecule has 1 aromatic heterocycles. The van der Waals surface area contributed by atoms with Crippen LogP contribution in [0, 0.1) is 0 Å². The summed E-state index contributed by atoms with van der Waals surface area (Å²) >= 11 is 0. The van der Waals surface area contributed by atoms with E-state index in [0.29, 0.717) is 5.96 Å². The second-order valence-corrected chi connectivity index (χ2v) is 6.38. The molecule has 0 radical (unpaired) electrons. The minimum Gasteiger partial charge on any atom is -0.379 e. The topological polar surface area (TPSA) is 80.7 Å². The van der Waals surface area contributed by atoms with Crippen LogP contribution in [0.4, 0.5) is 0 Å². The molecule has 3 N–H and O–H groups in total. The fraction of sp³-hybridized carbons (Fsp3) is 0.474. The van der Waals surface area contributed by atoms with Gasteiger partial charge in [-0.25, -0.2) is 4.68 Å². The van der Waals surface area contributed by atoms with Crippen LogP contribution in [0.3, 0.4) is 0 Å². The Morgan fingerprint density at radius 1 is 1.23 bits per heavy atom. The van der Waals surface area contributed by atoms with Gasteiger partial charge in [0, 0.05) is 38.9 Å². The van der Waals surface area contributed by atoms with Crippen molar-refractivity contribution in [1.29, 1.82) is 0 Å². The molecule has 1 aliphatic rings. The zero-order valence-corrected chi connectivity index (χ0v) is 15.2. The summed E-state index contributed by atoms with van der Waals surface area (Å²) in [5.41, 5.74) is 8.17. The number of guanidine groups is 1. The number of nitrogens with two attached hydrogens (primary N) is 1. The molecule has 3 rings (SSSR count). The van der Waals surface area contributed by atoms with Gasteiger partial charge in [-0.2, -0.15) is 5.10 Å². The lowest BCUT2D eigenvalue weighted by Gasteiger charge is -2.26. The molecule has 1 aliphatic heterocycles.